The first-order valence-electron chi connectivity index (χ1n) is 11.0. The van der Waals surface area contributed by atoms with E-state index in [0.29, 0.717) is 13.2 Å². The smallest absolute Gasteiger partial charge is 0.161 e. The summed E-state index contributed by atoms with van der Waals surface area (Å²) in [5, 5.41) is 7.40. The van der Waals surface area contributed by atoms with Crippen LogP contribution in [0.25, 0.3) is 27.9 Å². The quantitative estimate of drug-likeness (QED) is 0.472. The number of ether oxygens (including phenoxy) is 1. The van der Waals surface area contributed by atoms with Gasteiger partial charge in [-0.3, -0.25) is 0 Å². The summed E-state index contributed by atoms with van der Waals surface area (Å²) in [4.78, 5) is 15.1. The Morgan fingerprint density at radius 2 is 1.91 bits per heavy atom. The van der Waals surface area contributed by atoms with Gasteiger partial charge in [0.1, 0.15) is 11.5 Å². The Morgan fingerprint density at radius 1 is 1.06 bits per heavy atom. The number of nitrogens with zero attached hydrogens (tertiary/aromatic N) is 5. The molecule has 2 aromatic carbocycles. The molecular formula is C25H24N6O. The van der Waals surface area contributed by atoms with E-state index in [4.69, 9.17) is 14.8 Å². The van der Waals surface area contributed by atoms with Crippen LogP contribution >= 0.6 is 0 Å². The topological polar surface area (TPSA) is 71.3 Å². The molecule has 160 valence electrons. The third-order valence-electron chi connectivity index (χ3n) is 6.19. The molecular weight excluding hydrogens is 400 g/mol. The Hall–Kier alpha value is -3.71. The average molecular weight is 425 g/mol. The predicted octanol–water partition coefficient (Wildman–Crippen LogP) is 4.01. The maximum atomic E-state index is 5.55. The minimum atomic E-state index is 0.712. The van der Waals surface area contributed by atoms with E-state index >= 15 is 0 Å². The fourth-order valence-electron chi connectivity index (χ4n) is 4.53. The van der Waals surface area contributed by atoms with Crippen molar-refractivity contribution in [2.45, 2.75) is 13.3 Å². The standard InChI is InChI=1S/C25H24N6O/c1-17-21(15-19-7-4-6-18-5-2-3-8-20(18)19)25-28-23(30-11-13-32-14-12-30)16-22(31(25)29-17)24-26-9-10-27-24/h2-10,16H,11-15H2,1H3,(H,26,27). The number of benzene rings is 2. The van der Waals surface area contributed by atoms with Gasteiger partial charge in [-0.1, -0.05) is 42.5 Å². The second kappa shape index (κ2) is 7.76. The van der Waals surface area contributed by atoms with Crippen molar-refractivity contribution in [3.05, 3.63) is 77.7 Å². The minimum absolute atomic E-state index is 0.712. The van der Waals surface area contributed by atoms with E-state index in [2.05, 4.69) is 70.3 Å². The molecule has 0 radical (unpaired) electrons. The maximum Gasteiger partial charge on any atom is 0.161 e. The third-order valence-corrected chi connectivity index (χ3v) is 6.19. The molecule has 5 aromatic rings. The van der Waals surface area contributed by atoms with Crippen LogP contribution in [0.3, 0.4) is 0 Å². The van der Waals surface area contributed by atoms with Gasteiger partial charge in [-0.25, -0.2) is 14.5 Å². The lowest BCUT2D eigenvalue weighted by atomic mass is 9.98. The number of morpholine rings is 1. The first-order chi connectivity index (χ1) is 15.8. The van der Waals surface area contributed by atoms with Crippen LogP contribution in [-0.4, -0.2) is 50.9 Å². The van der Waals surface area contributed by atoms with Crippen LogP contribution in [0.2, 0.25) is 0 Å². The van der Waals surface area contributed by atoms with Gasteiger partial charge < -0.3 is 14.6 Å². The first kappa shape index (κ1) is 19.0. The largest absolute Gasteiger partial charge is 0.378 e. The number of nitrogens with one attached hydrogen (secondary N) is 1. The lowest BCUT2D eigenvalue weighted by Crippen LogP contribution is -2.36. The average Bonchev–Trinajstić information content (AvgIpc) is 3.48. The van der Waals surface area contributed by atoms with Crippen molar-refractivity contribution in [3.63, 3.8) is 0 Å². The van der Waals surface area contributed by atoms with Crippen LogP contribution in [-0.2, 0) is 11.2 Å². The zero-order valence-electron chi connectivity index (χ0n) is 18.0. The third kappa shape index (κ3) is 3.22. The molecule has 0 unspecified atom stereocenters. The molecule has 1 N–H and O–H groups in total. The zero-order chi connectivity index (χ0) is 21.5. The van der Waals surface area contributed by atoms with E-state index in [0.717, 1.165) is 53.8 Å². The maximum absolute atomic E-state index is 5.55. The number of rotatable bonds is 4. The monoisotopic (exact) mass is 424 g/mol. The highest BCUT2D eigenvalue weighted by Crippen LogP contribution is 2.29. The van der Waals surface area contributed by atoms with Gasteiger partial charge in [0.2, 0.25) is 0 Å². The van der Waals surface area contributed by atoms with Crippen LogP contribution in [0.5, 0.6) is 0 Å². The normalized spacial score (nSPS) is 14.5. The van der Waals surface area contributed by atoms with Crippen molar-refractivity contribution in [2.24, 2.45) is 0 Å². The Kier molecular flexibility index (Phi) is 4.61. The van der Waals surface area contributed by atoms with Crippen molar-refractivity contribution in [3.8, 4) is 11.5 Å². The van der Waals surface area contributed by atoms with Crippen molar-refractivity contribution in [1.29, 1.82) is 0 Å². The van der Waals surface area contributed by atoms with Gasteiger partial charge in [0, 0.05) is 43.5 Å². The molecule has 4 heterocycles. The molecule has 0 saturated carbocycles. The number of hydrogen-bond donors (Lipinski definition) is 1. The SMILES string of the molecule is Cc1nn2c(-c3ncc[nH]3)cc(N3CCOCC3)nc2c1Cc1cccc2ccccc12. The van der Waals surface area contributed by atoms with Crippen molar-refractivity contribution in [2.75, 3.05) is 31.2 Å². The summed E-state index contributed by atoms with van der Waals surface area (Å²) in [7, 11) is 0. The highest BCUT2D eigenvalue weighted by atomic mass is 16.5. The molecule has 6 rings (SSSR count). The van der Waals surface area contributed by atoms with Crippen LogP contribution < -0.4 is 4.90 Å². The molecule has 0 amide bonds. The number of imidazole rings is 1. The molecule has 7 nitrogen and oxygen atoms in total. The van der Waals surface area contributed by atoms with E-state index in [9.17, 15) is 0 Å². The van der Waals surface area contributed by atoms with E-state index in [1.54, 1.807) is 6.20 Å². The Morgan fingerprint density at radius 3 is 2.75 bits per heavy atom. The van der Waals surface area contributed by atoms with Gasteiger partial charge in [0.05, 0.1) is 18.9 Å². The first-order valence-corrected chi connectivity index (χ1v) is 11.0. The molecule has 1 saturated heterocycles. The molecule has 7 heteroatoms. The molecule has 0 aliphatic carbocycles. The Labute approximate surface area is 185 Å². The zero-order valence-corrected chi connectivity index (χ0v) is 18.0. The number of aromatic nitrogens is 5. The summed E-state index contributed by atoms with van der Waals surface area (Å²) in [6.07, 6.45) is 4.38. The number of hydrogen-bond acceptors (Lipinski definition) is 5. The van der Waals surface area contributed by atoms with Gasteiger partial charge >= 0.3 is 0 Å². The predicted molar refractivity (Wildman–Crippen MR) is 125 cm³/mol. The second-order valence-electron chi connectivity index (χ2n) is 8.15. The van der Waals surface area contributed by atoms with Crippen LogP contribution in [0.4, 0.5) is 5.82 Å². The van der Waals surface area contributed by atoms with Gasteiger partial charge in [0.15, 0.2) is 11.5 Å². The molecule has 1 fully saturated rings. The molecule has 32 heavy (non-hydrogen) atoms. The van der Waals surface area contributed by atoms with Crippen molar-refractivity contribution >= 4 is 22.2 Å². The summed E-state index contributed by atoms with van der Waals surface area (Å²) < 4.78 is 7.48. The summed E-state index contributed by atoms with van der Waals surface area (Å²) in [6.45, 7) is 5.14. The van der Waals surface area contributed by atoms with E-state index in [-0.39, 0.29) is 0 Å². The van der Waals surface area contributed by atoms with E-state index < -0.39 is 0 Å². The van der Waals surface area contributed by atoms with Crippen molar-refractivity contribution in [1.82, 2.24) is 24.6 Å². The number of aryl methyl sites for hydroxylation is 1. The van der Waals surface area contributed by atoms with Crippen LogP contribution in [0.15, 0.2) is 60.9 Å². The molecule has 0 atom stereocenters. The summed E-state index contributed by atoms with van der Waals surface area (Å²) in [5.74, 6) is 1.72. The number of anilines is 1. The van der Waals surface area contributed by atoms with E-state index in [1.807, 2.05) is 10.7 Å². The Balaban J connectivity index is 1.53. The lowest BCUT2D eigenvalue weighted by Gasteiger charge is -2.28. The van der Waals surface area contributed by atoms with Crippen molar-refractivity contribution < 1.29 is 4.74 Å². The molecule has 1 aliphatic heterocycles. The minimum Gasteiger partial charge on any atom is -0.378 e. The molecule has 1 aliphatic rings. The highest BCUT2D eigenvalue weighted by Gasteiger charge is 2.21. The number of aromatic amines is 1. The van der Waals surface area contributed by atoms with Gasteiger partial charge in [-0.2, -0.15) is 5.10 Å². The number of H-pyrrole nitrogens is 1. The van der Waals surface area contributed by atoms with Gasteiger partial charge in [0.25, 0.3) is 0 Å². The number of fused-ring (bicyclic) bond motifs is 2. The van der Waals surface area contributed by atoms with Crippen LogP contribution in [0, 0.1) is 6.92 Å². The summed E-state index contributed by atoms with van der Waals surface area (Å²) in [5.41, 5.74) is 5.19. The lowest BCUT2D eigenvalue weighted by molar-refractivity contribution is 0.122. The molecule has 0 spiro atoms. The molecule has 3 aromatic heterocycles. The fourth-order valence-corrected chi connectivity index (χ4v) is 4.53. The highest BCUT2D eigenvalue weighted by molar-refractivity contribution is 5.86. The van der Waals surface area contributed by atoms with E-state index in [1.165, 1.54) is 16.3 Å². The summed E-state index contributed by atoms with van der Waals surface area (Å²) in [6, 6.07) is 17.1. The Bertz CT molecular complexity index is 1390. The fraction of sp³-hybridized carbons (Fsp3) is 0.240. The summed E-state index contributed by atoms with van der Waals surface area (Å²) >= 11 is 0. The molecule has 0 bridgehead atoms. The van der Waals surface area contributed by atoms with Crippen LogP contribution in [0.1, 0.15) is 16.8 Å². The van der Waals surface area contributed by atoms with Gasteiger partial charge in [-0.15, -0.1) is 0 Å². The second-order valence-corrected chi connectivity index (χ2v) is 8.15. The van der Waals surface area contributed by atoms with Gasteiger partial charge in [-0.05, 0) is 23.3 Å².